The van der Waals surface area contributed by atoms with E-state index < -0.39 is 0 Å². The van der Waals surface area contributed by atoms with E-state index in [1.54, 1.807) is 0 Å². The van der Waals surface area contributed by atoms with E-state index in [1.165, 1.54) is 44.3 Å². The molecule has 0 amide bonds. The zero-order chi connectivity index (χ0) is 18.7. The van der Waals surface area contributed by atoms with Gasteiger partial charge in [0.05, 0.1) is 19.8 Å². The number of nitrogens with zero attached hydrogens (tertiary/aromatic N) is 3. The van der Waals surface area contributed by atoms with Crippen LogP contribution in [-0.4, -0.2) is 68.2 Å². The van der Waals surface area contributed by atoms with E-state index in [9.17, 15) is 0 Å². The molecule has 1 aromatic rings. The molecule has 3 rings (SSSR count). The smallest absolute Gasteiger partial charge is 0.193 e. The van der Waals surface area contributed by atoms with E-state index in [0.717, 1.165) is 45.3 Å². The summed E-state index contributed by atoms with van der Waals surface area (Å²) < 4.78 is 5.96. The Balaban J connectivity index is 0.00000280. The fraction of sp³-hybridized carbons (Fsp3) is 0.682. The number of halogens is 1. The Bertz CT molecular complexity index is 563. The van der Waals surface area contributed by atoms with Gasteiger partial charge in [-0.3, -0.25) is 4.99 Å². The molecule has 158 valence electrons. The summed E-state index contributed by atoms with van der Waals surface area (Å²) in [5, 5.41) is 3.48. The normalized spacial score (nSPS) is 20.8. The number of aliphatic imine (C=N–C) groups is 1. The Morgan fingerprint density at radius 3 is 2.68 bits per heavy atom. The molecule has 0 saturated carbocycles. The number of hydrogen-bond donors (Lipinski definition) is 1. The van der Waals surface area contributed by atoms with Crippen LogP contribution in [0.25, 0.3) is 0 Å². The lowest BCUT2D eigenvalue weighted by Crippen LogP contribution is -2.41. The summed E-state index contributed by atoms with van der Waals surface area (Å²) in [5.74, 6) is 1.68. The highest BCUT2D eigenvalue weighted by Gasteiger charge is 2.25. The van der Waals surface area contributed by atoms with Crippen LogP contribution in [0.4, 0.5) is 0 Å². The molecule has 0 bridgehead atoms. The Morgan fingerprint density at radius 1 is 1.14 bits per heavy atom. The summed E-state index contributed by atoms with van der Waals surface area (Å²) in [6.07, 6.45) is 5.27. The van der Waals surface area contributed by atoms with Crippen LogP contribution in [0.3, 0.4) is 0 Å². The molecule has 28 heavy (non-hydrogen) atoms. The average Bonchev–Trinajstić information content (AvgIpc) is 3.18. The van der Waals surface area contributed by atoms with E-state index in [0.29, 0.717) is 12.5 Å². The summed E-state index contributed by atoms with van der Waals surface area (Å²) in [4.78, 5) is 9.87. The number of rotatable bonds is 8. The van der Waals surface area contributed by atoms with Crippen LogP contribution >= 0.6 is 24.0 Å². The van der Waals surface area contributed by atoms with E-state index in [-0.39, 0.29) is 24.0 Å². The lowest BCUT2D eigenvalue weighted by molar-refractivity contribution is 0.0906. The Kier molecular flexibility index (Phi) is 11.2. The van der Waals surface area contributed by atoms with Gasteiger partial charge in [-0.1, -0.05) is 36.8 Å². The van der Waals surface area contributed by atoms with Crippen molar-refractivity contribution in [2.24, 2.45) is 10.9 Å². The van der Waals surface area contributed by atoms with Gasteiger partial charge in [0.25, 0.3) is 0 Å². The predicted molar refractivity (Wildman–Crippen MR) is 127 cm³/mol. The largest absolute Gasteiger partial charge is 0.376 e. The highest BCUT2D eigenvalue weighted by molar-refractivity contribution is 14.0. The van der Waals surface area contributed by atoms with Gasteiger partial charge >= 0.3 is 0 Å². The molecule has 0 aromatic heterocycles. The maximum Gasteiger partial charge on any atom is 0.193 e. The summed E-state index contributed by atoms with van der Waals surface area (Å²) in [7, 11) is 0. The quantitative estimate of drug-likeness (QED) is 0.337. The van der Waals surface area contributed by atoms with Crippen LogP contribution in [0.15, 0.2) is 35.3 Å². The maximum atomic E-state index is 5.96. The molecule has 1 aromatic carbocycles. The second-order valence-corrected chi connectivity index (χ2v) is 7.74. The molecule has 2 fully saturated rings. The predicted octanol–water partition coefficient (Wildman–Crippen LogP) is 3.59. The summed E-state index contributed by atoms with van der Waals surface area (Å²) >= 11 is 0. The van der Waals surface area contributed by atoms with E-state index in [2.05, 4.69) is 46.3 Å². The molecule has 2 saturated heterocycles. The van der Waals surface area contributed by atoms with Crippen LogP contribution in [0.1, 0.15) is 38.2 Å². The molecule has 5 nitrogen and oxygen atoms in total. The number of guanidine groups is 1. The number of benzene rings is 1. The van der Waals surface area contributed by atoms with Crippen molar-refractivity contribution in [1.82, 2.24) is 15.1 Å². The molecule has 1 atom stereocenters. The van der Waals surface area contributed by atoms with Crippen LogP contribution < -0.4 is 5.32 Å². The second-order valence-electron chi connectivity index (χ2n) is 7.74. The molecular formula is C22H37IN4O. The third kappa shape index (κ3) is 7.87. The molecule has 2 aliphatic rings. The minimum Gasteiger partial charge on any atom is -0.376 e. The molecule has 2 aliphatic heterocycles. The van der Waals surface area contributed by atoms with Gasteiger partial charge in [-0.05, 0) is 44.8 Å². The van der Waals surface area contributed by atoms with Crippen molar-refractivity contribution in [3.63, 3.8) is 0 Å². The number of likely N-dealkylation sites (tertiary alicyclic amines) is 2. The number of nitrogens with one attached hydrogen (secondary N) is 1. The molecule has 1 unspecified atom stereocenters. The fourth-order valence-corrected chi connectivity index (χ4v) is 3.98. The molecule has 0 spiro atoms. The maximum absolute atomic E-state index is 5.96. The van der Waals surface area contributed by atoms with E-state index >= 15 is 0 Å². The first-order valence-electron chi connectivity index (χ1n) is 10.7. The SMILES string of the molecule is CCNC(=NCCN1CCCCC1)N1CCC(COCc2ccccc2)C1.I. The van der Waals surface area contributed by atoms with Gasteiger partial charge in [0.15, 0.2) is 5.96 Å². The minimum absolute atomic E-state index is 0. The molecule has 0 aliphatic carbocycles. The molecule has 1 N–H and O–H groups in total. The monoisotopic (exact) mass is 500 g/mol. The average molecular weight is 500 g/mol. The zero-order valence-corrected chi connectivity index (χ0v) is 19.6. The minimum atomic E-state index is 0. The van der Waals surface area contributed by atoms with Crippen molar-refractivity contribution in [3.05, 3.63) is 35.9 Å². The Morgan fingerprint density at radius 2 is 1.93 bits per heavy atom. The van der Waals surface area contributed by atoms with Crippen molar-refractivity contribution in [2.75, 3.05) is 52.4 Å². The van der Waals surface area contributed by atoms with Crippen LogP contribution in [-0.2, 0) is 11.3 Å². The van der Waals surface area contributed by atoms with E-state index in [4.69, 9.17) is 9.73 Å². The van der Waals surface area contributed by atoms with Crippen molar-refractivity contribution in [2.45, 2.75) is 39.2 Å². The van der Waals surface area contributed by atoms with Crippen LogP contribution in [0.5, 0.6) is 0 Å². The molecule has 6 heteroatoms. The standard InChI is InChI=1S/C22H36N4O.HI/c1-2-23-22(24-12-16-25-13-7-4-8-14-25)26-15-11-21(17-26)19-27-18-20-9-5-3-6-10-20;/h3,5-6,9-10,21H,2,4,7-8,11-19H2,1H3,(H,23,24);1H. The Hall–Kier alpha value is -0.860. The van der Waals surface area contributed by atoms with Crippen molar-refractivity contribution >= 4 is 29.9 Å². The van der Waals surface area contributed by atoms with Gasteiger partial charge in [-0.15, -0.1) is 24.0 Å². The topological polar surface area (TPSA) is 40.1 Å². The number of ether oxygens (including phenoxy) is 1. The third-order valence-electron chi connectivity index (χ3n) is 5.51. The van der Waals surface area contributed by atoms with Crippen LogP contribution in [0.2, 0.25) is 0 Å². The number of hydrogen-bond acceptors (Lipinski definition) is 3. The van der Waals surface area contributed by atoms with E-state index in [1.807, 2.05) is 6.07 Å². The fourth-order valence-electron chi connectivity index (χ4n) is 3.98. The van der Waals surface area contributed by atoms with Gasteiger partial charge in [0.1, 0.15) is 0 Å². The van der Waals surface area contributed by atoms with Gasteiger partial charge in [0, 0.05) is 32.1 Å². The zero-order valence-electron chi connectivity index (χ0n) is 17.3. The van der Waals surface area contributed by atoms with Gasteiger partial charge in [-0.25, -0.2) is 0 Å². The highest BCUT2D eigenvalue weighted by Crippen LogP contribution is 2.17. The summed E-state index contributed by atoms with van der Waals surface area (Å²) in [5.41, 5.74) is 1.25. The van der Waals surface area contributed by atoms with Gasteiger partial charge in [0.2, 0.25) is 0 Å². The molecule has 0 radical (unpaired) electrons. The first-order valence-corrected chi connectivity index (χ1v) is 10.7. The molecular weight excluding hydrogens is 463 g/mol. The van der Waals surface area contributed by atoms with Gasteiger partial charge in [-0.2, -0.15) is 0 Å². The van der Waals surface area contributed by atoms with Crippen molar-refractivity contribution < 1.29 is 4.74 Å². The summed E-state index contributed by atoms with van der Waals surface area (Å²) in [6, 6.07) is 10.4. The molecule has 2 heterocycles. The first-order chi connectivity index (χ1) is 13.3. The first kappa shape index (κ1) is 23.4. The Labute approximate surface area is 187 Å². The second kappa shape index (κ2) is 13.4. The summed E-state index contributed by atoms with van der Waals surface area (Å²) in [6.45, 7) is 11.2. The van der Waals surface area contributed by atoms with Gasteiger partial charge < -0.3 is 19.9 Å². The lowest BCUT2D eigenvalue weighted by atomic mass is 10.1. The van der Waals surface area contributed by atoms with Crippen molar-refractivity contribution in [1.29, 1.82) is 0 Å². The van der Waals surface area contributed by atoms with Crippen LogP contribution in [0, 0.1) is 5.92 Å². The lowest BCUT2D eigenvalue weighted by Gasteiger charge is -2.26. The van der Waals surface area contributed by atoms with Crippen molar-refractivity contribution in [3.8, 4) is 0 Å². The highest BCUT2D eigenvalue weighted by atomic mass is 127. The number of piperidine rings is 1. The third-order valence-corrected chi connectivity index (χ3v) is 5.51.